The molecule has 0 aliphatic rings. The molecular formula is C16H28N2O. The maximum absolute atomic E-state index is 5.99. The molecule has 0 amide bonds. The molecule has 1 aromatic rings. The average Bonchev–Trinajstić information content (AvgIpc) is 2.46. The van der Waals surface area contributed by atoms with Crippen molar-refractivity contribution in [3.8, 4) is 0 Å². The number of hydrogen-bond acceptors (Lipinski definition) is 3. The number of rotatable bonds is 9. The molecule has 0 aliphatic heterocycles. The van der Waals surface area contributed by atoms with Crippen molar-refractivity contribution >= 4 is 0 Å². The molecule has 19 heavy (non-hydrogen) atoms. The van der Waals surface area contributed by atoms with Crippen LogP contribution in [0.1, 0.15) is 25.8 Å². The molecule has 108 valence electrons. The first kappa shape index (κ1) is 16.2. The molecule has 0 bridgehead atoms. The molecule has 0 heterocycles. The van der Waals surface area contributed by atoms with Gasteiger partial charge in [0.15, 0.2) is 0 Å². The Bertz CT molecular complexity index is 342. The second-order valence-electron chi connectivity index (χ2n) is 5.31. The topological polar surface area (TPSA) is 38.5 Å². The number of hydrogen-bond donors (Lipinski definition) is 1. The molecule has 0 saturated heterocycles. The summed E-state index contributed by atoms with van der Waals surface area (Å²) >= 11 is 0. The zero-order valence-electron chi connectivity index (χ0n) is 12.6. The van der Waals surface area contributed by atoms with Crippen molar-refractivity contribution in [2.24, 2.45) is 5.73 Å². The van der Waals surface area contributed by atoms with E-state index in [4.69, 9.17) is 10.5 Å². The number of ether oxygens (including phenoxy) is 1. The molecule has 0 saturated carbocycles. The largest absolute Gasteiger partial charge is 0.380 e. The van der Waals surface area contributed by atoms with Gasteiger partial charge in [-0.1, -0.05) is 30.3 Å². The summed E-state index contributed by atoms with van der Waals surface area (Å²) in [6, 6.07) is 10.6. The number of aryl methyl sites for hydroxylation is 1. The third kappa shape index (κ3) is 5.31. The number of nitrogens with two attached hydrogens (primary N) is 1. The third-order valence-corrected chi connectivity index (χ3v) is 3.93. The molecule has 2 N–H and O–H groups in total. The molecule has 0 radical (unpaired) electrons. The van der Waals surface area contributed by atoms with Crippen molar-refractivity contribution in [3.05, 3.63) is 35.9 Å². The van der Waals surface area contributed by atoms with Crippen LogP contribution in [0.15, 0.2) is 30.3 Å². The van der Waals surface area contributed by atoms with Crippen LogP contribution in [0.5, 0.6) is 0 Å². The Kier molecular flexibility index (Phi) is 7.06. The van der Waals surface area contributed by atoms with E-state index in [1.807, 2.05) is 6.92 Å². The van der Waals surface area contributed by atoms with Crippen LogP contribution >= 0.6 is 0 Å². The van der Waals surface area contributed by atoms with E-state index >= 15 is 0 Å². The molecule has 3 nitrogen and oxygen atoms in total. The van der Waals surface area contributed by atoms with Gasteiger partial charge >= 0.3 is 0 Å². The summed E-state index contributed by atoms with van der Waals surface area (Å²) in [5.41, 5.74) is 7.40. The van der Waals surface area contributed by atoms with Crippen molar-refractivity contribution < 1.29 is 4.74 Å². The van der Waals surface area contributed by atoms with E-state index in [2.05, 4.69) is 49.2 Å². The van der Waals surface area contributed by atoms with Crippen LogP contribution in [0.2, 0.25) is 0 Å². The Labute approximate surface area is 117 Å². The minimum absolute atomic E-state index is 0.0347. The van der Waals surface area contributed by atoms with Crippen molar-refractivity contribution in [2.75, 3.05) is 33.4 Å². The van der Waals surface area contributed by atoms with Gasteiger partial charge in [0.2, 0.25) is 0 Å². The SMILES string of the molecule is CCOCCN(C)C(C)(CN)CCc1ccccc1. The van der Waals surface area contributed by atoms with E-state index in [1.54, 1.807) is 0 Å². The van der Waals surface area contributed by atoms with E-state index < -0.39 is 0 Å². The second kappa shape index (κ2) is 8.31. The summed E-state index contributed by atoms with van der Waals surface area (Å²) in [6.07, 6.45) is 2.13. The fraction of sp³-hybridized carbons (Fsp3) is 0.625. The first-order valence-electron chi connectivity index (χ1n) is 7.15. The van der Waals surface area contributed by atoms with Crippen LogP contribution in [-0.2, 0) is 11.2 Å². The van der Waals surface area contributed by atoms with Gasteiger partial charge in [-0.25, -0.2) is 0 Å². The monoisotopic (exact) mass is 264 g/mol. The van der Waals surface area contributed by atoms with Gasteiger partial charge in [0.1, 0.15) is 0 Å². The highest BCUT2D eigenvalue weighted by Gasteiger charge is 2.26. The van der Waals surface area contributed by atoms with Gasteiger partial charge in [-0.05, 0) is 39.3 Å². The van der Waals surface area contributed by atoms with Crippen molar-refractivity contribution in [1.82, 2.24) is 4.90 Å². The first-order chi connectivity index (χ1) is 9.12. The first-order valence-corrected chi connectivity index (χ1v) is 7.15. The Balaban J connectivity index is 2.49. The maximum Gasteiger partial charge on any atom is 0.0593 e. The quantitative estimate of drug-likeness (QED) is 0.696. The molecule has 0 aromatic heterocycles. The molecule has 1 aromatic carbocycles. The van der Waals surface area contributed by atoms with Crippen LogP contribution in [0.4, 0.5) is 0 Å². The molecule has 1 unspecified atom stereocenters. The fourth-order valence-corrected chi connectivity index (χ4v) is 2.12. The minimum atomic E-state index is 0.0347. The maximum atomic E-state index is 5.99. The lowest BCUT2D eigenvalue weighted by molar-refractivity contribution is 0.0719. The lowest BCUT2D eigenvalue weighted by Gasteiger charge is -2.38. The lowest BCUT2D eigenvalue weighted by atomic mass is 9.91. The van der Waals surface area contributed by atoms with E-state index in [-0.39, 0.29) is 5.54 Å². The molecule has 1 atom stereocenters. The fourth-order valence-electron chi connectivity index (χ4n) is 2.12. The smallest absolute Gasteiger partial charge is 0.0593 e. The summed E-state index contributed by atoms with van der Waals surface area (Å²) in [5, 5.41) is 0. The molecular weight excluding hydrogens is 236 g/mol. The standard InChI is InChI=1S/C16H28N2O/c1-4-19-13-12-18(3)16(2,14-17)11-10-15-8-6-5-7-9-15/h5-9H,4,10-14,17H2,1-3H3. The zero-order chi connectivity index (χ0) is 14.1. The Morgan fingerprint density at radius 3 is 2.53 bits per heavy atom. The van der Waals surface area contributed by atoms with Crippen molar-refractivity contribution in [3.63, 3.8) is 0 Å². The molecule has 0 spiro atoms. The van der Waals surface area contributed by atoms with Gasteiger partial charge in [0.25, 0.3) is 0 Å². The Morgan fingerprint density at radius 2 is 1.95 bits per heavy atom. The van der Waals surface area contributed by atoms with Gasteiger partial charge in [-0.15, -0.1) is 0 Å². The van der Waals surface area contributed by atoms with Gasteiger partial charge in [-0.2, -0.15) is 0 Å². The predicted octanol–water partition coefficient (Wildman–Crippen LogP) is 2.30. The zero-order valence-corrected chi connectivity index (χ0v) is 12.6. The van der Waals surface area contributed by atoms with E-state index in [0.29, 0.717) is 6.54 Å². The number of benzene rings is 1. The highest BCUT2D eigenvalue weighted by Crippen LogP contribution is 2.19. The lowest BCUT2D eigenvalue weighted by Crippen LogP contribution is -2.51. The molecule has 1 rings (SSSR count). The summed E-state index contributed by atoms with van der Waals surface area (Å²) in [7, 11) is 2.14. The van der Waals surface area contributed by atoms with Crippen LogP contribution in [0, 0.1) is 0 Å². The predicted molar refractivity (Wildman–Crippen MR) is 81.3 cm³/mol. The Morgan fingerprint density at radius 1 is 1.26 bits per heavy atom. The summed E-state index contributed by atoms with van der Waals surface area (Å²) in [6.45, 7) is 7.41. The van der Waals surface area contributed by atoms with Gasteiger partial charge in [-0.3, -0.25) is 4.90 Å². The van der Waals surface area contributed by atoms with Crippen LogP contribution < -0.4 is 5.73 Å². The van der Waals surface area contributed by atoms with Crippen LogP contribution in [0.25, 0.3) is 0 Å². The van der Waals surface area contributed by atoms with Crippen molar-refractivity contribution in [2.45, 2.75) is 32.2 Å². The third-order valence-electron chi connectivity index (χ3n) is 3.93. The van der Waals surface area contributed by atoms with Gasteiger partial charge < -0.3 is 10.5 Å². The van der Waals surface area contributed by atoms with E-state index in [0.717, 1.165) is 32.6 Å². The van der Waals surface area contributed by atoms with E-state index in [1.165, 1.54) is 5.56 Å². The van der Waals surface area contributed by atoms with Gasteiger partial charge in [0.05, 0.1) is 6.61 Å². The van der Waals surface area contributed by atoms with E-state index in [9.17, 15) is 0 Å². The minimum Gasteiger partial charge on any atom is -0.380 e. The van der Waals surface area contributed by atoms with Gasteiger partial charge in [0, 0.05) is 25.2 Å². The number of nitrogens with zero attached hydrogens (tertiary/aromatic N) is 1. The Hall–Kier alpha value is -0.900. The number of likely N-dealkylation sites (N-methyl/N-ethyl adjacent to an activating group) is 1. The summed E-state index contributed by atoms with van der Waals surface area (Å²) in [4.78, 5) is 2.33. The average molecular weight is 264 g/mol. The van der Waals surface area contributed by atoms with Crippen LogP contribution in [-0.4, -0.2) is 43.8 Å². The van der Waals surface area contributed by atoms with Crippen LogP contribution in [0.3, 0.4) is 0 Å². The molecule has 0 aliphatic carbocycles. The highest BCUT2D eigenvalue weighted by molar-refractivity contribution is 5.15. The normalized spacial score (nSPS) is 14.6. The second-order valence-corrected chi connectivity index (χ2v) is 5.31. The summed E-state index contributed by atoms with van der Waals surface area (Å²) in [5.74, 6) is 0. The molecule has 3 heteroatoms. The summed E-state index contributed by atoms with van der Waals surface area (Å²) < 4.78 is 5.42. The highest BCUT2D eigenvalue weighted by atomic mass is 16.5. The van der Waals surface area contributed by atoms with Crippen molar-refractivity contribution in [1.29, 1.82) is 0 Å². The molecule has 0 fully saturated rings.